The predicted molar refractivity (Wildman–Crippen MR) is 111 cm³/mol. The van der Waals surface area contributed by atoms with Gasteiger partial charge >= 0.3 is 0 Å². The fraction of sp³-hybridized carbons (Fsp3) is 0.522. The van der Waals surface area contributed by atoms with Gasteiger partial charge in [0.05, 0.1) is 5.41 Å². The van der Waals surface area contributed by atoms with Crippen LogP contribution < -0.4 is 4.90 Å². The van der Waals surface area contributed by atoms with Gasteiger partial charge in [0.1, 0.15) is 17.5 Å². The zero-order chi connectivity index (χ0) is 20.4. The molecule has 6 heteroatoms. The second-order valence-corrected chi connectivity index (χ2v) is 8.44. The summed E-state index contributed by atoms with van der Waals surface area (Å²) in [5.41, 5.74) is 1.62. The molecule has 1 spiro atoms. The summed E-state index contributed by atoms with van der Waals surface area (Å²) in [7, 11) is 0. The van der Waals surface area contributed by atoms with E-state index in [0.29, 0.717) is 13.1 Å². The quantitative estimate of drug-likeness (QED) is 0.769. The number of aryl methyl sites for hydroxylation is 2. The number of amides is 1. The van der Waals surface area contributed by atoms with Gasteiger partial charge in [-0.15, -0.1) is 0 Å². The number of benzene rings is 1. The lowest BCUT2D eigenvalue weighted by Gasteiger charge is -2.39. The zero-order valence-electron chi connectivity index (χ0n) is 17.3. The molecule has 2 aromatic rings. The number of carbonyl (C=O) groups is 1. The summed E-state index contributed by atoms with van der Waals surface area (Å²) in [5, 5.41) is 0. The van der Waals surface area contributed by atoms with Crippen molar-refractivity contribution in [3.05, 3.63) is 53.2 Å². The normalized spacial score (nSPS) is 22.0. The molecule has 0 saturated carbocycles. The van der Waals surface area contributed by atoms with Gasteiger partial charge in [-0.3, -0.25) is 4.79 Å². The molecule has 1 aromatic carbocycles. The number of likely N-dealkylation sites (tertiary alicyclic amines) is 1. The van der Waals surface area contributed by atoms with E-state index < -0.39 is 0 Å². The van der Waals surface area contributed by atoms with Crippen LogP contribution in [-0.2, 0) is 17.8 Å². The molecule has 4 rings (SSSR count). The minimum absolute atomic E-state index is 0.232. The summed E-state index contributed by atoms with van der Waals surface area (Å²) < 4.78 is 13.2. The van der Waals surface area contributed by atoms with Gasteiger partial charge in [0.15, 0.2) is 0 Å². The fourth-order valence-electron chi connectivity index (χ4n) is 4.67. The van der Waals surface area contributed by atoms with Gasteiger partial charge in [0.2, 0.25) is 5.91 Å². The third-order valence-electron chi connectivity index (χ3n) is 6.15. The van der Waals surface area contributed by atoms with Crippen molar-refractivity contribution in [3.8, 4) is 0 Å². The van der Waals surface area contributed by atoms with Crippen LogP contribution in [0.15, 0.2) is 30.3 Å². The maximum atomic E-state index is 13.4. The van der Waals surface area contributed by atoms with Crippen LogP contribution >= 0.6 is 0 Å². The van der Waals surface area contributed by atoms with Gasteiger partial charge in [-0.05, 0) is 50.3 Å². The maximum absolute atomic E-state index is 13.4. The van der Waals surface area contributed by atoms with Crippen LogP contribution in [0.1, 0.15) is 49.7 Å². The van der Waals surface area contributed by atoms with E-state index in [4.69, 9.17) is 4.98 Å². The molecule has 29 heavy (non-hydrogen) atoms. The first-order valence-corrected chi connectivity index (χ1v) is 10.6. The highest BCUT2D eigenvalue weighted by molar-refractivity contribution is 5.85. The Labute approximate surface area is 172 Å². The standard InChI is InChI=1S/C23H29FN4O/c1-3-5-20-25-17(2)14-21(26-20)28-13-11-23(16-28)10-4-12-27(22(23)29)15-18-6-8-19(24)9-7-18/h6-9,14H,3-5,10-13,15-16H2,1-2H3. The smallest absolute Gasteiger partial charge is 0.230 e. The molecule has 0 radical (unpaired) electrons. The van der Waals surface area contributed by atoms with E-state index in [1.807, 2.05) is 17.9 Å². The average Bonchev–Trinajstić information content (AvgIpc) is 3.12. The van der Waals surface area contributed by atoms with Crippen LogP contribution in [0.2, 0.25) is 0 Å². The second-order valence-electron chi connectivity index (χ2n) is 8.44. The van der Waals surface area contributed by atoms with Crippen LogP contribution in [0, 0.1) is 18.2 Å². The van der Waals surface area contributed by atoms with Crippen LogP contribution in [-0.4, -0.2) is 40.4 Å². The first-order chi connectivity index (χ1) is 14.0. The van der Waals surface area contributed by atoms with Crippen molar-refractivity contribution in [2.45, 2.75) is 52.5 Å². The third-order valence-corrected chi connectivity index (χ3v) is 6.15. The minimum atomic E-state index is -0.331. The Bertz CT molecular complexity index is 885. The van der Waals surface area contributed by atoms with E-state index in [1.54, 1.807) is 12.1 Å². The largest absolute Gasteiger partial charge is 0.355 e. The number of hydrogen-bond acceptors (Lipinski definition) is 4. The number of aromatic nitrogens is 2. The van der Waals surface area contributed by atoms with Crippen LogP contribution in [0.4, 0.5) is 10.2 Å². The molecule has 0 aliphatic carbocycles. The molecule has 2 fully saturated rings. The summed E-state index contributed by atoms with van der Waals surface area (Å²) in [5.74, 6) is 1.82. The summed E-state index contributed by atoms with van der Waals surface area (Å²) in [6.07, 6.45) is 4.68. The third kappa shape index (κ3) is 4.11. The molecule has 0 bridgehead atoms. The van der Waals surface area contributed by atoms with E-state index in [0.717, 1.165) is 68.1 Å². The molecule has 0 N–H and O–H groups in total. The summed E-state index contributed by atoms with van der Waals surface area (Å²) >= 11 is 0. The first kappa shape index (κ1) is 19.8. The van der Waals surface area contributed by atoms with Gasteiger partial charge < -0.3 is 9.80 Å². The molecular weight excluding hydrogens is 367 g/mol. The number of rotatable bonds is 5. The predicted octanol–water partition coefficient (Wildman–Crippen LogP) is 3.90. The average molecular weight is 397 g/mol. The van der Waals surface area contributed by atoms with Crippen molar-refractivity contribution >= 4 is 11.7 Å². The number of piperidine rings is 1. The zero-order valence-corrected chi connectivity index (χ0v) is 17.3. The van der Waals surface area contributed by atoms with Crippen molar-refractivity contribution in [2.75, 3.05) is 24.5 Å². The highest BCUT2D eigenvalue weighted by atomic mass is 19.1. The Kier molecular flexibility index (Phi) is 5.52. The number of nitrogens with zero attached hydrogens (tertiary/aromatic N) is 4. The number of carbonyl (C=O) groups excluding carboxylic acids is 1. The Balaban J connectivity index is 1.50. The second kappa shape index (κ2) is 8.09. The van der Waals surface area contributed by atoms with Gasteiger partial charge in [0.25, 0.3) is 0 Å². The molecule has 1 unspecified atom stereocenters. The van der Waals surface area contributed by atoms with E-state index in [-0.39, 0.29) is 17.1 Å². The van der Waals surface area contributed by atoms with Crippen LogP contribution in [0.25, 0.3) is 0 Å². The maximum Gasteiger partial charge on any atom is 0.230 e. The number of hydrogen-bond donors (Lipinski definition) is 0. The van der Waals surface area contributed by atoms with Gasteiger partial charge in [-0.1, -0.05) is 19.1 Å². The van der Waals surface area contributed by atoms with Gasteiger partial charge in [-0.2, -0.15) is 0 Å². The topological polar surface area (TPSA) is 49.3 Å². The number of anilines is 1. The molecule has 1 amide bonds. The Morgan fingerprint density at radius 3 is 2.69 bits per heavy atom. The van der Waals surface area contributed by atoms with Gasteiger partial charge in [-0.25, -0.2) is 14.4 Å². The van der Waals surface area contributed by atoms with Gasteiger partial charge in [0, 0.05) is 44.4 Å². The molecule has 2 aliphatic rings. The van der Waals surface area contributed by atoms with Crippen molar-refractivity contribution in [1.82, 2.24) is 14.9 Å². The molecule has 5 nitrogen and oxygen atoms in total. The van der Waals surface area contributed by atoms with Crippen LogP contribution in [0.3, 0.4) is 0 Å². The lowest BCUT2D eigenvalue weighted by Crippen LogP contribution is -2.49. The minimum Gasteiger partial charge on any atom is -0.355 e. The van der Waals surface area contributed by atoms with E-state index in [9.17, 15) is 9.18 Å². The first-order valence-electron chi connectivity index (χ1n) is 10.6. The summed E-state index contributed by atoms with van der Waals surface area (Å²) in [6, 6.07) is 8.49. The Morgan fingerprint density at radius 1 is 1.14 bits per heavy atom. The van der Waals surface area contributed by atoms with Crippen LogP contribution in [0.5, 0.6) is 0 Å². The molecular formula is C23H29FN4O. The molecule has 2 aliphatic heterocycles. The van der Waals surface area contributed by atoms with Crippen molar-refractivity contribution in [2.24, 2.45) is 5.41 Å². The Hall–Kier alpha value is -2.50. The SMILES string of the molecule is CCCc1nc(C)cc(N2CCC3(CCCN(Cc4ccc(F)cc4)C3=O)C2)n1. The fourth-order valence-corrected chi connectivity index (χ4v) is 4.67. The van der Waals surface area contributed by atoms with E-state index >= 15 is 0 Å². The summed E-state index contributed by atoms with van der Waals surface area (Å²) in [6.45, 7) is 7.02. The van der Waals surface area contributed by atoms with Crippen molar-refractivity contribution < 1.29 is 9.18 Å². The molecule has 1 atom stereocenters. The lowest BCUT2D eigenvalue weighted by molar-refractivity contribution is -0.145. The van der Waals surface area contributed by atoms with E-state index in [2.05, 4.69) is 16.8 Å². The Morgan fingerprint density at radius 2 is 1.93 bits per heavy atom. The highest BCUT2D eigenvalue weighted by Crippen LogP contribution is 2.41. The highest BCUT2D eigenvalue weighted by Gasteiger charge is 2.48. The number of halogens is 1. The molecule has 1 aromatic heterocycles. The van der Waals surface area contributed by atoms with E-state index in [1.165, 1.54) is 12.1 Å². The van der Waals surface area contributed by atoms with Crippen molar-refractivity contribution in [1.29, 1.82) is 0 Å². The molecule has 154 valence electrons. The van der Waals surface area contributed by atoms with Crippen molar-refractivity contribution in [3.63, 3.8) is 0 Å². The summed E-state index contributed by atoms with van der Waals surface area (Å²) in [4.78, 5) is 26.9. The molecule has 2 saturated heterocycles. The molecule has 3 heterocycles. The lowest BCUT2D eigenvalue weighted by atomic mass is 9.78. The monoisotopic (exact) mass is 396 g/mol.